The molecule has 0 heterocycles. The summed E-state index contributed by atoms with van der Waals surface area (Å²) in [6, 6.07) is 4.25. The van der Waals surface area contributed by atoms with Crippen LogP contribution in [-0.4, -0.2) is 27.4 Å². The van der Waals surface area contributed by atoms with Gasteiger partial charge in [0.25, 0.3) is 0 Å². The van der Waals surface area contributed by atoms with Gasteiger partial charge in [-0.2, -0.15) is 0 Å². The van der Waals surface area contributed by atoms with E-state index in [4.69, 9.17) is 14.2 Å². The summed E-state index contributed by atoms with van der Waals surface area (Å²) in [6.45, 7) is 5.14. The van der Waals surface area contributed by atoms with Gasteiger partial charge in [0.15, 0.2) is 0 Å². The van der Waals surface area contributed by atoms with Crippen molar-refractivity contribution < 1.29 is 14.2 Å². The zero-order valence-corrected chi connectivity index (χ0v) is 13.3. The Hall–Kier alpha value is -1.42. The highest BCUT2D eigenvalue weighted by atomic mass is 16.5. The standard InChI is InChI=1S/C16H27NO3/c1-6-7-8-12(2)17-11-14-15(19-4)9-13(18-3)10-16(14)20-5/h9-10,12,17H,6-8,11H2,1-5H3. The first-order valence-electron chi connectivity index (χ1n) is 7.18. The topological polar surface area (TPSA) is 39.7 Å². The molecule has 1 aromatic rings. The van der Waals surface area contributed by atoms with Crippen LogP contribution in [0.1, 0.15) is 38.7 Å². The van der Waals surface area contributed by atoms with Crippen LogP contribution in [0.25, 0.3) is 0 Å². The van der Waals surface area contributed by atoms with E-state index in [-0.39, 0.29) is 0 Å². The van der Waals surface area contributed by atoms with Crippen LogP contribution in [0.3, 0.4) is 0 Å². The molecule has 0 aromatic heterocycles. The summed E-state index contributed by atoms with van der Waals surface area (Å²) in [7, 11) is 4.97. The fraction of sp³-hybridized carbons (Fsp3) is 0.625. The molecular formula is C16H27NO3. The molecular weight excluding hydrogens is 254 g/mol. The molecule has 0 aliphatic carbocycles. The molecule has 0 bridgehead atoms. The number of rotatable bonds is 9. The van der Waals surface area contributed by atoms with E-state index < -0.39 is 0 Å². The van der Waals surface area contributed by atoms with E-state index in [2.05, 4.69) is 19.2 Å². The minimum absolute atomic E-state index is 0.478. The van der Waals surface area contributed by atoms with Crippen molar-refractivity contribution in [3.05, 3.63) is 17.7 Å². The zero-order valence-electron chi connectivity index (χ0n) is 13.3. The maximum Gasteiger partial charge on any atom is 0.130 e. The van der Waals surface area contributed by atoms with Gasteiger partial charge in [-0.3, -0.25) is 0 Å². The summed E-state index contributed by atoms with van der Waals surface area (Å²) >= 11 is 0. The third kappa shape index (κ3) is 4.60. The van der Waals surface area contributed by atoms with Gasteiger partial charge in [0, 0.05) is 24.7 Å². The van der Waals surface area contributed by atoms with E-state index in [9.17, 15) is 0 Å². The minimum atomic E-state index is 0.478. The van der Waals surface area contributed by atoms with E-state index in [1.807, 2.05) is 12.1 Å². The molecule has 0 saturated heterocycles. The van der Waals surface area contributed by atoms with Gasteiger partial charge in [-0.25, -0.2) is 0 Å². The molecule has 0 fully saturated rings. The zero-order chi connectivity index (χ0) is 15.0. The van der Waals surface area contributed by atoms with Gasteiger partial charge in [-0.1, -0.05) is 19.8 Å². The minimum Gasteiger partial charge on any atom is -0.496 e. The molecule has 114 valence electrons. The Balaban J connectivity index is 2.81. The molecule has 4 heteroatoms. The largest absolute Gasteiger partial charge is 0.496 e. The first-order valence-corrected chi connectivity index (χ1v) is 7.18. The summed E-state index contributed by atoms with van der Waals surface area (Å²) < 4.78 is 16.1. The average Bonchev–Trinajstić information content (AvgIpc) is 2.49. The molecule has 0 amide bonds. The predicted octanol–water partition coefficient (Wildman–Crippen LogP) is 3.38. The molecule has 1 N–H and O–H groups in total. The van der Waals surface area contributed by atoms with Crippen LogP contribution in [0.15, 0.2) is 12.1 Å². The third-order valence-corrected chi connectivity index (χ3v) is 3.44. The Labute approximate surface area is 122 Å². The van der Waals surface area contributed by atoms with Crippen LogP contribution in [0.5, 0.6) is 17.2 Å². The van der Waals surface area contributed by atoms with Crippen molar-refractivity contribution in [3.8, 4) is 17.2 Å². The van der Waals surface area contributed by atoms with E-state index in [1.165, 1.54) is 19.3 Å². The lowest BCUT2D eigenvalue weighted by Gasteiger charge is -2.18. The summed E-state index contributed by atoms with van der Waals surface area (Å²) in [5.74, 6) is 2.31. The summed E-state index contributed by atoms with van der Waals surface area (Å²) in [4.78, 5) is 0. The van der Waals surface area contributed by atoms with Crippen LogP contribution < -0.4 is 19.5 Å². The van der Waals surface area contributed by atoms with Crippen molar-refractivity contribution in [1.29, 1.82) is 0 Å². The summed E-state index contributed by atoms with van der Waals surface area (Å²) in [5, 5.41) is 3.52. The van der Waals surface area contributed by atoms with Gasteiger partial charge >= 0.3 is 0 Å². The molecule has 4 nitrogen and oxygen atoms in total. The van der Waals surface area contributed by atoms with Gasteiger partial charge in [-0.05, 0) is 13.3 Å². The van der Waals surface area contributed by atoms with Crippen LogP contribution in [0.2, 0.25) is 0 Å². The molecule has 0 radical (unpaired) electrons. The molecule has 1 unspecified atom stereocenters. The Kier molecular flexibility index (Phi) is 7.23. The second kappa shape index (κ2) is 8.69. The number of nitrogens with one attached hydrogen (secondary N) is 1. The van der Waals surface area contributed by atoms with E-state index in [1.54, 1.807) is 21.3 Å². The van der Waals surface area contributed by atoms with Crippen LogP contribution in [0.4, 0.5) is 0 Å². The number of methoxy groups -OCH3 is 3. The fourth-order valence-corrected chi connectivity index (χ4v) is 2.14. The predicted molar refractivity (Wildman–Crippen MR) is 81.9 cm³/mol. The number of unbranched alkanes of at least 4 members (excludes halogenated alkanes) is 1. The molecule has 1 atom stereocenters. The Morgan fingerprint density at radius 2 is 1.65 bits per heavy atom. The van der Waals surface area contributed by atoms with E-state index >= 15 is 0 Å². The first-order chi connectivity index (χ1) is 9.65. The van der Waals surface area contributed by atoms with Crippen LogP contribution in [0, 0.1) is 0 Å². The molecule has 0 aliphatic heterocycles. The highest BCUT2D eigenvalue weighted by Gasteiger charge is 2.13. The SMILES string of the molecule is CCCCC(C)NCc1c(OC)cc(OC)cc1OC. The van der Waals surface area contributed by atoms with Crippen LogP contribution in [-0.2, 0) is 6.54 Å². The maximum absolute atomic E-state index is 5.44. The van der Waals surface area contributed by atoms with Crippen molar-refractivity contribution in [1.82, 2.24) is 5.32 Å². The van der Waals surface area contributed by atoms with Crippen molar-refractivity contribution in [3.63, 3.8) is 0 Å². The van der Waals surface area contributed by atoms with Gasteiger partial charge < -0.3 is 19.5 Å². The second-order valence-corrected chi connectivity index (χ2v) is 4.93. The average molecular weight is 281 g/mol. The third-order valence-electron chi connectivity index (χ3n) is 3.44. The highest BCUT2D eigenvalue weighted by molar-refractivity contribution is 5.50. The summed E-state index contributed by atoms with van der Waals surface area (Å²) in [6.07, 6.45) is 3.64. The Morgan fingerprint density at radius 3 is 2.10 bits per heavy atom. The molecule has 0 spiro atoms. The Morgan fingerprint density at radius 1 is 1.05 bits per heavy atom. The van der Waals surface area contributed by atoms with Crippen molar-refractivity contribution >= 4 is 0 Å². The quantitative estimate of drug-likeness (QED) is 0.753. The molecule has 0 saturated carbocycles. The molecule has 1 aromatic carbocycles. The molecule has 0 aliphatic rings. The Bertz CT molecular complexity index is 382. The highest BCUT2D eigenvalue weighted by Crippen LogP contribution is 2.33. The number of hydrogen-bond donors (Lipinski definition) is 1. The van der Waals surface area contributed by atoms with E-state index in [0.29, 0.717) is 6.04 Å². The van der Waals surface area contributed by atoms with Crippen molar-refractivity contribution in [2.75, 3.05) is 21.3 Å². The van der Waals surface area contributed by atoms with E-state index in [0.717, 1.165) is 29.4 Å². The van der Waals surface area contributed by atoms with Crippen LogP contribution >= 0.6 is 0 Å². The fourth-order valence-electron chi connectivity index (χ4n) is 2.14. The number of ether oxygens (including phenoxy) is 3. The lowest BCUT2D eigenvalue weighted by Crippen LogP contribution is -2.25. The molecule has 20 heavy (non-hydrogen) atoms. The number of hydrogen-bond acceptors (Lipinski definition) is 4. The van der Waals surface area contributed by atoms with Gasteiger partial charge in [0.1, 0.15) is 17.2 Å². The lowest BCUT2D eigenvalue weighted by atomic mass is 10.1. The second-order valence-electron chi connectivity index (χ2n) is 4.93. The van der Waals surface area contributed by atoms with Gasteiger partial charge in [-0.15, -0.1) is 0 Å². The van der Waals surface area contributed by atoms with Gasteiger partial charge in [0.05, 0.1) is 26.9 Å². The summed E-state index contributed by atoms with van der Waals surface area (Å²) in [5.41, 5.74) is 1.03. The maximum atomic E-state index is 5.44. The van der Waals surface area contributed by atoms with Crippen molar-refractivity contribution in [2.24, 2.45) is 0 Å². The lowest BCUT2D eigenvalue weighted by molar-refractivity contribution is 0.364. The normalized spacial score (nSPS) is 12.1. The first kappa shape index (κ1) is 16.6. The number of benzene rings is 1. The smallest absolute Gasteiger partial charge is 0.130 e. The monoisotopic (exact) mass is 281 g/mol. The molecule has 1 rings (SSSR count). The van der Waals surface area contributed by atoms with Crippen molar-refractivity contribution in [2.45, 2.75) is 45.7 Å². The van der Waals surface area contributed by atoms with Gasteiger partial charge in [0.2, 0.25) is 0 Å².